The zero-order valence-corrected chi connectivity index (χ0v) is 26.4. The molecular weight excluding hydrogens is 560 g/mol. The van der Waals surface area contributed by atoms with Gasteiger partial charge >= 0.3 is 21.7 Å². The molecule has 0 aliphatic heterocycles. The average molecular weight is 596 g/mol. The van der Waals surface area contributed by atoms with Gasteiger partial charge in [-0.15, -0.1) is 13.2 Å². The SMILES string of the molecule is CC(C)(C)C(=O)C1=C([O-])c2ccccc2C1=O.CC(C)(C)C(=O)C1=C([O-])c2ccccc2C1=O.CC[O-].CC[O-].[Ti+4]. The van der Waals surface area contributed by atoms with E-state index >= 15 is 0 Å². The molecule has 0 amide bonds. The van der Waals surface area contributed by atoms with Gasteiger partial charge in [-0.3, -0.25) is 19.2 Å². The number of benzene rings is 2. The number of ketones is 4. The maximum atomic E-state index is 12.1. The molecule has 0 heterocycles. The van der Waals surface area contributed by atoms with Gasteiger partial charge in [0.05, 0.1) is 11.1 Å². The summed E-state index contributed by atoms with van der Waals surface area (Å²) in [6.45, 7) is 13.3. The molecule has 0 bridgehead atoms. The number of hydrogen-bond acceptors (Lipinski definition) is 8. The second-order valence-corrected chi connectivity index (χ2v) is 10.9. The summed E-state index contributed by atoms with van der Waals surface area (Å²) in [7, 11) is 0. The predicted molar refractivity (Wildman–Crippen MR) is 145 cm³/mol. The summed E-state index contributed by atoms with van der Waals surface area (Å²) in [5.74, 6) is -2.53. The monoisotopic (exact) mass is 596 g/mol. The fourth-order valence-corrected chi connectivity index (χ4v) is 3.67. The summed E-state index contributed by atoms with van der Waals surface area (Å²) in [6.07, 6.45) is 0. The van der Waals surface area contributed by atoms with E-state index in [9.17, 15) is 29.4 Å². The first-order valence-corrected chi connectivity index (χ1v) is 12.9. The Bertz CT molecular complexity index is 1230. The molecule has 0 saturated carbocycles. The van der Waals surface area contributed by atoms with Crippen molar-refractivity contribution in [3.63, 3.8) is 0 Å². The minimum Gasteiger partial charge on any atom is -0.871 e. The summed E-state index contributed by atoms with van der Waals surface area (Å²) in [5.41, 5.74) is -0.478. The molecule has 216 valence electrons. The molecule has 0 aromatic heterocycles. The molecule has 0 spiro atoms. The van der Waals surface area contributed by atoms with Crippen LogP contribution in [0.3, 0.4) is 0 Å². The van der Waals surface area contributed by atoms with Gasteiger partial charge in [0.1, 0.15) is 0 Å². The zero-order valence-electron chi connectivity index (χ0n) is 24.8. The molecule has 41 heavy (non-hydrogen) atoms. The summed E-state index contributed by atoms with van der Waals surface area (Å²) < 4.78 is 0. The van der Waals surface area contributed by atoms with Crippen molar-refractivity contribution in [3.8, 4) is 0 Å². The molecule has 0 radical (unpaired) electrons. The van der Waals surface area contributed by atoms with Crippen molar-refractivity contribution in [2.45, 2.75) is 55.4 Å². The normalized spacial score (nSPS) is 13.4. The number of allylic oxidation sites excluding steroid dienone is 2. The molecule has 0 saturated heterocycles. The molecule has 0 unspecified atom stereocenters. The van der Waals surface area contributed by atoms with Crippen LogP contribution in [0, 0.1) is 10.8 Å². The zero-order chi connectivity index (χ0) is 31.0. The molecule has 2 aliphatic carbocycles. The molecule has 2 aliphatic rings. The van der Waals surface area contributed by atoms with Crippen molar-refractivity contribution in [2.24, 2.45) is 10.8 Å². The van der Waals surface area contributed by atoms with Crippen molar-refractivity contribution in [1.29, 1.82) is 0 Å². The first kappa shape index (κ1) is 37.8. The third-order valence-electron chi connectivity index (χ3n) is 5.56. The van der Waals surface area contributed by atoms with Crippen LogP contribution in [-0.2, 0) is 31.3 Å². The van der Waals surface area contributed by atoms with Gasteiger partial charge in [-0.05, 0) is 11.1 Å². The Morgan fingerprint density at radius 3 is 1.00 bits per heavy atom. The van der Waals surface area contributed by atoms with Crippen molar-refractivity contribution in [1.82, 2.24) is 0 Å². The maximum Gasteiger partial charge on any atom is 4.00 e. The van der Waals surface area contributed by atoms with E-state index in [0.29, 0.717) is 22.3 Å². The predicted octanol–water partition coefficient (Wildman–Crippen LogP) is 1.87. The Hall–Kier alpha value is -3.17. The van der Waals surface area contributed by atoms with E-state index in [1.54, 1.807) is 104 Å². The molecule has 2 aromatic carbocycles. The summed E-state index contributed by atoms with van der Waals surface area (Å²) in [6, 6.07) is 13.1. The molecule has 8 nitrogen and oxygen atoms in total. The minimum absolute atomic E-state index is 0. The Morgan fingerprint density at radius 1 is 0.585 bits per heavy atom. The van der Waals surface area contributed by atoms with E-state index in [2.05, 4.69) is 0 Å². The van der Waals surface area contributed by atoms with Crippen molar-refractivity contribution in [2.75, 3.05) is 13.2 Å². The molecule has 0 atom stereocenters. The van der Waals surface area contributed by atoms with Gasteiger partial charge in [-0.2, -0.15) is 0 Å². The molecule has 4 rings (SSSR count). The maximum absolute atomic E-state index is 12.1. The molecular formula is C32H36O8Ti. The number of carbonyl (C=O) groups is 4. The first-order chi connectivity index (χ1) is 18.5. The van der Waals surface area contributed by atoms with Gasteiger partial charge in [-0.1, -0.05) is 115 Å². The van der Waals surface area contributed by atoms with E-state index < -0.39 is 33.9 Å². The Morgan fingerprint density at radius 2 is 0.805 bits per heavy atom. The van der Waals surface area contributed by atoms with Crippen molar-refractivity contribution >= 4 is 34.7 Å². The van der Waals surface area contributed by atoms with Gasteiger partial charge in [0.2, 0.25) is 0 Å². The molecule has 9 heteroatoms. The third-order valence-corrected chi connectivity index (χ3v) is 5.56. The van der Waals surface area contributed by atoms with E-state index in [4.69, 9.17) is 10.2 Å². The van der Waals surface area contributed by atoms with Crippen LogP contribution >= 0.6 is 0 Å². The second-order valence-electron chi connectivity index (χ2n) is 10.9. The van der Waals surface area contributed by atoms with Crippen molar-refractivity contribution < 1.29 is 61.3 Å². The van der Waals surface area contributed by atoms with Crippen LogP contribution in [0.4, 0.5) is 0 Å². The third kappa shape index (κ3) is 8.91. The van der Waals surface area contributed by atoms with Gasteiger partial charge < -0.3 is 20.4 Å². The quantitative estimate of drug-likeness (QED) is 0.375. The van der Waals surface area contributed by atoms with Crippen LogP contribution in [0.25, 0.3) is 11.5 Å². The molecule has 2 aromatic rings. The Kier molecular flexibility index (Phi) is 14.5. The van der Waals surface area contributed by atoms with Crippen LogP contribution in [-0.4, -0.2) is 36.3 Å². The number of Topliss-reactive ketones (excluding diaryl/α,β-unsaturated/α-hetero) is 4. The molecule has 0 N–H and O–H groups in total. The van der Waals surface area contributed by atoms with Gasteiger partial charge in [-0.25, -0.2) is 0 Å². The van der Waals surface area contributed by atoms with Crippen LogP contribution in [0.15, 0.2) is 59.7 Å². The largest absolute Gasteiger partial charge is 4.00 e. The van der Waals surface area contributed by atoms with Gasteiger partial charge in [0.25, 0.3) is 0 Å². The van der Waals surface area contributed by atoms with Crippen molar-refractivity contribution in [3.05, 3.63) is 81.9 Å². The minimum atomic E-state index is -0.720. The number of rotatable bonds is 2. The number of hydrogen-bond donors (Lipinski definition) is 0. The van der Waals surface area contributed by atoms with Crippen LogP contribution in [0.1, 0.15) is 87.2 Å². The number of carbonyl (C=O) groups excluding carboxylic acids is 4. The van der Waals surface area contributed by atoms with Gasteiger partial charge in [0, 0.05) is 22.0 Å². The smallest absolute Gasteiger partial charge is 0.871 e. The van der Waals surface area contributed by atoms with Crippen LogP contribution < -0.4 is 20.4 Å². The topological polar surface area (TPSA) is 161 Å². The standard InChI is InChI=1S/2C14H14O3.2C2H5O.Ti/c2*1-14(2,3)13(17)10-11(15)8-6-4-5-7-9(8)12(10)16;2*1-2-3;/h2*4-7,15H,1-3H3;2*2H2,1H3;/q;;2*-1;+4/p-2. The fourth-order valence-electron chi connectivity index (χ4n) is 3.67. The van der Waals surface area contributed by atoms with E-state index in [1.165, 1.54) is 0 Å². The van der Waals surface area contributed by atoms with E-state index in [-0.39, 0.29) is 57.6 Å². The second kappa shape index (κ2) is 15.7. The average Bonchev–Trinajstić information content (AvgIpc) is 3.28. The van der Waals surface area contributed by atoms with E-state index in [1.807, 2.05) is 0 Å². The first-order valence-electron chi connectivity index (χ1n) is 12.9. The number of fused-ring (bicyclic) bond motifs is 2. The molecule has 0 fully saturated rings. The Labute approximate surface area is 256 Å². The summed E-state index contributed by atoms with van der Waals surface area (Å²) in [4.78, 5) is 48.2. The Balaban J connectivity index is 0.000000642. The summed E-state index contributed by atoms with van der Waals surface area (Å²) in [5, 5.41) is 41.9. The van der Waals surface area contributed by atoms with E-state index in [0.717, 1.165) is 0 Å². The van der Waals surface area contributed by atoms with Crippen LogP contribution in [0.2, 0.25) is 0 Å². The fraction of sp³-hybridized carbons (Fsp3) is 0.375. The van der Waals surface area contributed by atoms with Gasteiger partial charge in [0.15, 0.2) is 23.1 Å². The summed E-state index contributed by atoms with van der Waals surface area (Å²) >= 11 is 0. The van der Waals surface area contributed by atoms with Crippen LogP contribution in [0.5, 0.6) is 0 Å².